The van der Waals surface area contributed by atoms with Crippen LogP contribution in [-0.2, 0) is 16.0 Å². The maximum absolute atomic E-state index is 12.2. The number of likely N-dealkylation sites (N-methyl/N-ethyl adjacent to an activating group) is 1. The smallest absolute Gasteiger partial charge is 0.414 e. The van der Waals surface area contributed by atoms with Crippen molar-refractivity contribution in [3.63, 3.8) is 0 Å². The molecule has 0 aliphatic rings. The highest BCUT2D eigenvalue weighted by atomic mass is 16.4. The predicted molar refractivity (Wildman–Crippen MR) is 106 cm³/mol. The minimum atomic E-state index is -1.82. The van der Waals surface area contributed by atoms with Crippen LogP contribution in [-0.4, -0.2) is 58.6 Å². The second kappa shape index (κ2) is 10.00. The molecule has 0 bridgehead atoms. The van der Waals surface area contributed by atoms with Crippen LogP contribution in [0.2, 0.25) is 0 Å². The molecule has 0 spiro atoms. The van der Waals surface area contributed by atoms with Crippen LogP contribution in [0, 0.1) is 0 Å². The first kappa shape index (κ1) is 21.6. The lowest BCUT2D eigenvalue weighted by Crippen LogP contribution is -2.15. The molecule has 1 amide bonds. The topological polar surface area (TPSA) is 133 Å². The van der Waals surface area contributed by atoms with E-state index in [4.69, 9.17) is 24.2 Å². The van der Waals surface area contributed by atoms with Crippen molar-refractivity contribution in [2.75, 3.05) is 26.0 Å². The van der Waals surface area contributed by atoms with Gasteiger partial charge in [0.2, 0.25) is 0 Å². The Hall–Kier alpha value is -3.72. The number of pyridine rings is 1. The highest BCUT2D eigenvalue weighted by molar-refractivity contribution is 6.27. The maximum Gasteiger partial charge on any atom is 0.414 e. The van der Waals surface area contributed by atoms with Gasteiger partial charge in [0.1, 0.15) is 11.3 Å². The molecule has 9 nitrogen and oxygen atoms in total. The van der Waals surface area contributed by atoms with Crippen molar-refractivity contribution in [3.05, 3.63) is 59.9 Å². The normalized spacial score (nSPS) is 10.3. The quantitative estimate of drug-likeness (QED) is 0.557. The van der Waals surface area contributed by atoms with E-state index in [1.807, 2.05) is 38.4 Å². The number of nitrogens with zero attached hydrogens (tertiary/aromatic N) is 2. The van der Waals surface area contributed by atoms with Gasteiger partial charge in [-0.1, -0.05) is 18.2 Å². The number of anilines is 1. The lowest BCUT2D eigenvalue weighted by Gasteiger charge is -2.08. The van der Waals surface area contributed by atoms with Crippen molar-refractivity contribution in [2.24, 2.45) is 0 Å². The number of amides is 1. The number of furan rings is 1. The van der Waals surface area contributed by atoms with Gasteiger partial charge in [-0.3, -0.25) is 4.79 Å². The van der Waals surface area contributed by atoms with E-state index in [-0.39, 0.29) is 5.91 Å². The molecule has 0 fully saturated rings. The van der Waals surface area contributed by atoms with Gasteiger partial charge in [0.05, 0.1) is 6.26 Å². The lowest BCUT2D eigenvalue weighted by molar-refractivity contribution is -0.159. The number of hydrogen-bond donors (Lipinski definition) is 3. The molecule has 0 radical (unpaired) electrons. The molecule has 1 aromatic carbocycles. The zero-order valence-corrected chi connectivity index (χ0v) is 16.0. The van der Waals surface area contributed by atoms with Crippen LogP contribution in [0.5, 0.6) is 0 Å². The number of carboxylic acid groups (broad SMARTS) is 2. The highest BCUT2D eigenvalue weighted by Crippen LogP contribution is 2.22. The first-order valence-corrected chi connectivity index (χ1v) is 8.62. The van der Waals surface area contributed by atoms with Crippen LogP contribution >= 0.6 is 0 Å². The molecule has 0 aliphatic heterocycles. The third-order valence-corrected chi connectivity index (χ3v) is 3.78. The maximum atomic E-state index is 12.2. The minimum Gasteiger partial charge on any atom is -0.473 e. The van der Waals surface area contributed by atoms with Crippen LogP contribution in [0.3, 0.4) is 0 Å². The monoisotopic (exact) mass is 399 g/mol. The summed E-state index contributed by atoms with van der Waals surface area (Å²) >= 11 is 0. The van der Waals surface area contributed by atoms with Crippen LogP contribution in [0.1, 0.15) is 15.9 Å². The molecular weight excluding hydrogens is 378 g/mol. The van der Waals surface area contributed by atoms with Crippen LogP contribution in [0.4, 0.5) is 5.82 Å². The Morgan fingerprint density at radius 1 is 1.03 bits per heavy atom. The van der Waals surface area contributed by atoms with Crippen molar-refractivity contribution in [2.45, 2.75) is 6.42 Å². The van der Waals surface area contributed by atoms with Crippen molar-refractivity contribution < 1.29 is 29.0 Å². The molecular formula is C20H21N3O6. The third kappa shape index (κ3) is 6.43. The number of aromatic nitrogens is 1. The number of hydrogen-bond acceptors (Lipinski definition) is 6. The SMILES string of the molecule is CN(C)CCc1coc2ccc(NC(=O)c3ccccc3)nc12.O=C(O)C(=O)O. The standard InChI is InChI=1S/C18H19N3O2.C2H2O4/c1-21(2)11-10-14-12-23-15-8-9-16(19-17(14)15)20-18(22)13-6-4-3-5-7-13;3-1(4)2(5)6/h3-9,12H,10-11H2,1-2H3,(H,19,20,22);(H,3,4)(H,5,6). The summed E-state index contributed by atoms with van der Waals surface area (Å²) in [4.78, 5) is 37.1. The Morgan fingerprint density at radius 3 is 2.28 bits per heavy atom. The van der Waals surface area contributed by atoms with Gasteiger partial charge in [0.25, 0.3) is 5.91 Å². The largest absolute Gasteiger partial charge is 0.473 e. The first-order chi connectivity index (χ1) is 13.8. The van der Waals surface area contributed by atoms with Gasteiger partial charge in [-0.05, 0) is 44.8 Å². The summed E-state index contributed by atoms with van der Waals surface area (Å²) in [5.41, 5.74) is 3.19. The molecule has 2 aromatic heterocycles. The number of aliphatic carboxylic acids is 2. The molecule has 29 heavy (non-hydrogen) atoms. The minimum absolute atomic E-state index is 0.171. The summed E-state index contributed by atoms with van der Waals surface area (Å²) in [6.07, 6.45) is 2.59. The molecule has 3 N–H and O–H groups in total. The molecule has 9 heteroatoms. The Bertz CT molecular complexity index is 986. The van der Waals surface area contributed by atoms with E-state index in [0.29, 0.717) is 11.4 Å². The van der Waals surface area contributed by atoms with Gasteiger partial charge in [-0.25, -0.2) is 14.6 Å². The summed E-state index contributed by atoms with van der Waals surface area (Å²) in [6.45, 7) is 0.914. The average Bonchev–Trinajstić information content (AvgIpc) is 3.09. The first-order valence-electron chi connectivity index (χ1n) is 8.62. The van der Waals surface area contributed by atoms with Gasteiger partial charge in [-0.2, -0.15) is 0 Å². The Kier molecular flexibility index (Phi) is 7.44. The van der Waals surface area contributed by atoms with E-state index in [9.17, 15) is 4.79 Å². The Morgan fingerprint density at radius 2 is 1.69 bits per heavy atom. The van der Waals surface area contributed by atoms with Crippen molar-refractivity contribution in [3.8, 4) is 0 Å². The summed E-state index contributed by atoms with van der Waals surface area (Å²) in [7, 11) is 4.06. The van der Waals surface area contributed by atoms with Crippen LogP contribution in [0.25, 0.3) is 11.1 Å². The van der Waals surface area contributed by atoms with Gasteiger partial charge < -0.3 is 24.8 Å². The third-order valence-electron chi connectivity index (χ3n) is 3.78. The van der Waals surface area contributed by atoms with Crippen LogP contribution < -0.4 is 5.32 Å². The summed E-state index contributed by atoms with van der Waals surface area (Å²) in [6, 6.07) is 12.7. The number of carboxylic acids is 2. The molecule has 0 saturated carbocycles. The Labute approximate surface area is 166 Å². The van der Waals surface area contributed by atoms with Crippen LogP contribution in [0.15, 0.2) is 53.1 Å². The number of carbonyl (C=O) groups excluding carboxylic acids is 1. The number of fused-ring (bicyclic) bond motifs is 1. The number of nitrogens with one attached hydrogen (secondary N) is 1. The van der Waals surface area contributed by atoms with Gasteiger partial charge in [0.15, 0.2) is 5.58 Å². The molecule has 0 unspecified atom stereocenters. The second-order valence-corrected chi connectivity index (χ2v) is 6.29. The second-order valence-electron chi connectivity index (χ2n) is 6.29. The van der Waals surface area contributed by atoms with E-state index >= 15 is 0 Å². The molecule has 2 heterocycles. The molecule has 3 rings (SSSR count). The number of rotatable bonds is 5. The number of benzene rings is 1. The van der Waals surface area contributed by atoms with Gasteiger partial charge in [-0.15, -0.1) is 0 Å². The summed E-state index contributed by atoms with van der Waals surface area (Å²) in [5.74, 6) is -3.29. The molecule has 0 aliphatic carbocycles. The summed E-state index contributed by atoms with van der Waals surface area (Å²) < 4.78 is 5.53. The van der Waals surface area contributed by atoms with E-state index in [1.54, 1.807) is 24.5 Å². The molecule has 0 saturated heterocycles. The average molecular weight is 399 g/mol. The van der Waals surface area contributed by atoms with E-state index < -0.39 is 11.9 Å². The van der Waals surface area contributed by atoms with E-state index in [0.717, 1.165) is 29.6 Å². The zero-order valence-electron chi connectivity index (χ0n) is 16.0. The van der Waals surface area contributed by atoms with Gasteiger partial charge >= 0.3 is 11.9 Å². The van der Waals surface area contributed by atoms with Crippen molar-refractivity contribution in [1.29, 1.82) is 0 Å². The van der Waals surface area contributed by atoms with Crippen molar-refractivity contribution >= 4 is 34.8 Å². The number of carbonyl (C=O) groups is 3. The van der Waals surface area contributed by atoms with E-state index in [2.05, 4.69) is 15.2 Å². The fourth-order valence-corrected chi connectivity index (χ4v) is 2.33. The zero-order chi connectivity index (χ0) is 21.4. The lowest BCUT2D eigenvalue weighted by atomic mass is 10.2. The molecule has 152 valence electrons. The predicted octanol–water partition coefficient (Wildman–Crippen LogP) is 2.34. The van der Waals surface area contributed by atoms with Crippen molar-refractivity contribution in [1.82, 2.24) is 9.88 Å². The van der Waals surface area contributed by atoms with Gasteiger partial charge in [0, 0.05) is 17.7 Å². The fourth-order valence-electron chi connectivity index (χ4n) is 2.33. The fraction of sp³-hybridized carbons (Fsp3) is 0.200. The molecule has 0 atom stereocenters. The summed E-state index contributed by atoms with van der Waals surface area (Å²) in [5, 5.41) is 17.6. The Balaban J connectivity index is 0.000000438. The van der Waals surface area contributed by atoms with E-state index in [1.165, 1.54) is 0 Å². The highest BCUT2D eigenvalue weighted by Gasteiger charge is 2.11. The molecule has 3 aromatic rings.